The molecule has 0 spiro atoms. The van der Waals surface area contributed by atoms with Crippen molar-refractivity contribution in [2.24, 2.45) is 0 Å². The first-order valence-electron chi connectivity index (χ1n) is 10.5. The van der Waals surface area contributed by atoms with Crippen LogP contribution in [-0.4, -0.2) is 68.7 Å². The summed E-state index contributed by atoms with van der Waals surface area (Å²) < 4.78 is 57.7. The van der Waals surface area contributed by atoms with Gasteiger partial charge in [-0.2, -0.15) is 4.31 Å². The summed E-state index contributed by atoms with van der Waals surface area (Å²) in [6.07, 6.45) is 2.95. The first kappa shape index (κ1) is 26.9. The highest BCUT2D eigenvalue weighted by Gasteiger charge is 2.23. The lowest BCUT2D eigenvalue weighted by molar-refractivity contribution is 0.102. The summed E-state index contributed by atoms with van der Waals surface area (Å²) in [5.41, 5.74) is 0.629. The Morgan fingerprint density at radius 1 is 0.889 bits per heavy atom. The van der Waals surface area contributed by atoms with E-state index < -0.39 is 26.0 Å². The molecule has 0 aliphatic carbocycles. The third kappa shape index (κ3) is 5.76. The molecule has 2 aromatic carbocycles. The molecule has 1 aromatic heterocycles. The van der Waals surface area contributed by atoms with Crippen molar-refractivity contribution in [2.75, 3.05) is 32.5 Å². The topological polar surface area (TPSA) is 143 Å². The van der Waals surface area contributed by atoms with Crippen molar-refractivity contribution >= 4 is 32.0 Å². The van der Waals surface area contributed by atoms with Gasteiger partial charge in [-0.1, -0.05) is 17.3 Å². The van der Waals surface area contributed by atoms with E-state index in [0.29, 0.717) is 5.56 Å². The number of hydrogen-bond acceptors (Lipinski definition) is 8. The molecule has 0 atom stereocenters. The normalized spacial score (nSPS) is 12.0. The quantitative estimate of drug-likeness (QED) is 0.372. The van der Waals surface area contributed by atoms with Crippen LogP contribution in [0.3, 0.4) is 0 Å². The third-order valence-electron chi connectivity index (χ3n) is 4.95. The molecule has 0 saturated carbocycles. The highest BCUT2D eigenvalue weighted by Crippen LogP contribution is 2.23. The van der Waals surface area contributed by atoms with Gasteiger partial charge in [0.2, 0.25) is 25.9 Å². The molecule has 13 heteroatoms. The lowest BCUT2D eigenvalue weighted by Gasteiger charge is -2.19. The van der Waals surface area contributed by atoms with Crippen LogP contribution in [0.1, 0.15) is 10.4 Å². The average molecular weight is 532 g/mol. The Kier molecular flexibility index (Phi) is 8.20. The van der Waals surface area contributed by atoms with Crippen LogP contribution >= 0.6 is 0 Å². The van der Waals surface area contributed by atoms with E-state index in [1.54, 1.807) is 0 Å². The highest BCUT2D eigenvalue weighted by molar-refractivity contribution is 7.89. The molecule has 3 aromatic rings. The number of nitrogens with one attached hydrogen (secondary N) is 1. The van der Waals surface area contributed by atoms with E-state index in [4.69, 9.17) is 4.42 Å². The fraction of sp³-hybridized carbons (Fsp3) is 0.174. The number of sulfonamides is 2. The molecule has 1 heterocycles. The summed E-state index contributed by atoms with van der Waals surface area (Å²) in [5.74, 6) is -0.513. The largest absolute Gasteiger partial charge is 0.403 e. The zero-order chi connectivity index (χ0) is 26.5. The highest BCUT2D eigenvalue weighted by atomic mass is 32.2. The summed E-state index contributed by atoms with van der Waals surface area (Å²) in [4.78, 5) is 12.7. The van der Waals surface area contributed by atoms with Crippen LogP contribution in [0, 0.1) is 0 Å². The minimum absolute atomic E-state index is 0.0163. The van der Waals surface area contributed by atoms with Crippen LogP contribution in [0.25, 0.3) is 11.5 Å². The molecule has 0 saturated heterocycles. The van der Waals surface area contributed by atoms with E-state index in [2.05, 4.69) is 28.7 Å². The number of amides is 1. The molecule has 1 amide bonds. The molecule has 36 heavy (non-hydrogen) atoms. The number of benzene rings is 2. The van der Waals surface area contributed by atoms with Crippen molar-refractivity contribution in [1.29, 1.82) is 0 Å². The number of nitrogens with zero attached hydrogens (tertiary/aromatic N) is 4. The Hall–Kier alpha value is -3.65. The monoisotopic (exact) mass is 531 g/mol. The second-order valence-electron chi connectivity index (χ2n) is 7.60. The molecule has 11 nitrogen and oxygen atoms in total. The SMILES string of the molecule is C=CCN(CC=C)S(=O)(=O)c1ccc(C(=O)Nc2nnc(-c3ccc(S(=O)(=O)N(C)C)cc3)o2)cc1. The van der Waals surface area contributed by atoms with Crippen LogP contribution in [-0.2, 0) is 20.0 Å². The number of rotatable bonds is 11. The van der Waals surface area contributed by atoms with Crippen LogP contribution in [0.2, 0.25) is 0 Å². The Balaban J connectivity index is 1.72. The molecule has 0 aliphatic heterocycles. The molecule has 0 radical (unpaired) electrons. The third-order valence-corrected chi connectivity index (χ3v) is 8.62. The molecule has 0 unspecified atom stereocenters. The Labute approximate surface area is 209 Å². The van der Waals surface area contributed by atoms with Gasteiger partial charge in [-0.05, 0) is 48.5 Å². The minimum atomic E-state index is -3.79. The van der Waals surface area contributed by atoms with E-state index in [1.807, 2.05) is 0 Å². The molecule has 1 N–H and O–H groups in total. The molecule has 3 rings (SSSR count). The predicted molar refractivity (Wildman–Crippen MR) is 134 cm³/mol. The lowest BCUT2D eigenvalue weighted by Crippen LogP contribution is -2.31. The van der Waals surface area contributed by atoms with Crippen molar-refractivity contribution in [3.8, 4) is 11.5 Å². The van der Waals surface area contributed by atoms with Crippen molar-refractivity contribution in [3.05, 3.63) is 79.4 Å². The number of carbonyl (C=O) groups excluding carboxylic acids is 1. The van der Waals surface area contributed by atoms with Crippen molar-refractivity contribution in [3.63, 3.8) is 0 Å². The van der Waals surface area contributed by atoms with Gasteiger partial charge in [0.25, 0.3) is 5.91 Å². The first-order chi connectivity index (χ1) is 17.0. The predicted octanol–water partition coefficient (Wildman–Crippen LogP) is 2.60. The number of aromatic nitrogens is 2. The van der Waals surface area contributed by atoms with Crippen LogP contribution in [0.5, 0.6) is 0 Å². The maximum Gasteiger partial charge on any atom is 0.322 e. The van der Waals surface area contributed by atoms with E-state index in [9.17, 15) is 21.6 Å². The van der Waals surface area contributed by atoms with Gasteiger partial charge in [-0.25, -0.2) is 21.1 Å². The van der Waals surface area contributed by atoms with Gasteiger partial charge in [-0.3, -0.25) is 10.1 Å². The van der Waals surface area contributed by atoms with E-state index in [-0.39, 0.29) is 40.3 Å². The van der Waals surface area contributed by atoms with Gasteiger partial charge in [0, 0.05) is 38.3 Å². The van der Waals surface area contributed by atoms with Crippen molar-refractivity contribution < 1.29 is 26.0 Å². The van der Waals surface area contributed by atoms with Gasteiger partial charge in [-0.15, -0.1) is 18.3 Å². The van der Waals surface area contributed by atoms with Crippen molar-refractivity contribution in [2.45, 2.75) is 9.79 Å². The fourth-order valence-electron chi connectivity index (χ4n) is 3.03. The lowest BCUT2D eigenvalue weighted by atomic mass is 10.2. The van der Waals surface area contributed by atoms with E-state index in [0.717, 1.165) is 4.31 Å². The Bertz CT molecular complexity index is 1450. The first-order valence-corrected chi connectivity index (χ1v) is 13.4. The molecular weight excluding hydrogens is 506 g/mol. The zero-order valence-electron chi connectivity index (χ0n) is 19.7. The molecule has 0 aliphatic rings. The van der Waals surface area contributed by atoms with Gasteiger partial charge < -0.3 is 4.42 Å². The van der Waals surface area contributed by atoms with Crippen molar-refractivity contribution in [1.82, 2.24) is 18.8 Å². The Morgan fingerprint density at radius 3 is 1.94 bits per heavy atom. The molecule has 0 bridgehead atoms. The molecule has 0 fully saturated rings. The van der Waals surface area contributed by atoms with Gasteiger partial charge >= 0.3 is 6.01 Å². The average Bonchev–Trinajstić information content (AvgIpc) is 3.32. The second-order valence-corrected chi connectivity index (χ2v) is 11.7. The smallest absolute Gasteiger partial charge is 0.322 e. The molecular formula is C23H25N5O6S2. The van der Waals surface area contributed by atoms with Gasteiger partial charge in [0.05, 0.1) is 9.79 Å². The van der Waals surface area contributed by atoms with Gasteiger partial charge in [0.1, 0.15) is 0 Å². The summed E-state index contributed by atoms with van der Waals surface area (Å²) in [7, 11) is -4.51. The summed E-state index contributed by atoms with van der Waals surface area (Å²) in [5, 5.41) is 10.1. The number of hydrogen-bond donors (Lipinski definition) is 1. The van der Waals surface area contributed by atoms with Crippen LogP contribution < -0.4 is 5.32 Å². The van der Waals surface area contributed by atoms with Crippen LogP contribution in [0.15, 0.2) is 88.0 Å². The number of anilines is 1. The van der Waals surface area contributed by atoms with Crippen LogP contribution in [0.4, 0.5) is 6.01 Å². The molecule has 190 valence electrons. The summed E-state index contributed by atoms with van der Waals surface area (Å²) in [6, 6.07) is 11.0. The fourth-order valence-corrected chi connectivity index (χ4v) is 5.31. The minimum Gasteiger partial charge on any atom is -0.403 e. The maximum absolute atomic E-state index is 12.8. The summed E-state index contributed by atoms with van der Waals surface area (Å²) >= 11 is 0. The van der Waals surface area contributed by atoms with E-state index in [1.165, 1.54) is 79.1 Å². The van der Waals surface area contributed by atoms with Gasteiger partial charge in [0.15, 0.2) is 0 Å². The maximum atomic E-state index is 12.8. The standard InChI is InChI=1S/C23H25N5O6S2/c1-5-15-28(16-6-2)36(32,33)20-11-7-17(8-12-20)21(29)24-23-26-25-22(34-23)18-9-13-19(14-10-18)35(30,31)27(3)4/h5-14H,1-2,15-16H2,3-4H3,(H,24,26,29). The Morgan fingerprint density at radius 2 is 1.42 bits per heavy atom. The van der Waals surface area contributed by atoms with E-state index >= 15 is 0 Å². The second kappa shape index (κ2) is 11.0. The summed E-state index contributed by atoms with van der Waals surface area (Å²) in [6.45, 7) is 7.37. The number of carbonyl (C=O) groups is 1. The zero-order valence-corrected chi connectivity index (χ0v) is 21.3.